The highest BCUT2D eigenvalue weighted by Crippen LogP contribution is 2.27. The van der Waals surface area contributed by atoms with Crippen molar-refractivity contribution in [2.45, 2.75) is 24.7 Å². The van der Waals surface area contributed by atoms with Gasteiger partial charge in [0.15, 0.2) is 0 Å². The first kappa shape index (κ1) is 12.8. The zero-order valence-corrected chi connectivity index (χ0v) is 9.94. The number of amides is 1. The molecule has 4 N–H and O–H groups in total. The third kappa shape index (κ3) is 3.13. The highest BCUT2D eigenvalue weighted by Gasteiger charge is 2.11. The summed E-state index contributed by atoms with van der Waals surface area (Å²) in [4.78, 5) is 11.5. The third-order valence-electron chi connectivity index (χ3n) is 2.12. The minimum absolute atomic E-state index is 0.0878. The van der Waals surface area contributed by atoms with E-state index in [-0.39, 0.29) is 11.3 Å². The van der Waals surface area contributed by atoms with Crippen LogP contribution in [0.4, 0.5) is 10.1 Å². The van der Waals surface area contributed by atoms with Crippen molar-refractivity contribution >= 4 is 23.4 Å². The topological polar surface area (TPSA) is 69.1 Å². The average Bonchev–Trinajstić information content (AvgIpc) is 2.21. The quantitative estimate of drug-likeness (QED) is 0.473. The summed E-state index contributed by atoms with van der Waals surface area (Å²) in [5.74, 6) is -0.214. The van der Waals surface area contributed by atoms with E-state index in [1.165, 1.54) is 17.8 Å². The zero-order chi connectivity index (χ0) is 12.1. The van der Waals surface area contributed by atoms with Crippen LogP contribution in [0.5, 0.6) is 0 Å². The molecule has 3 nitrogen and oxygen atoms in total. The van der Waals surface area contributed by atoms with Crippen molar-refractivity contribution < 1.29 is 9.18 Å². The number of rotatable bonds is 5. The summed E-state index contributed by atoms with van der Waals surface area (Å²) >= 11 is 1.37. The predicted octanol–water partition coefficient (Wildman–Crippen LogP) is 2.40. The van der Waals surface area contributed by atoms with E-state index in [9.17, 15) is 9.18 Å². The van der Waals surface area contributed by atoms with Gasteiger partial charge in [-0.3, -0.25) is 4.79 Å². The van der Waals surface area contributed by atoms with Crippen LogP contribution in [0.15, 0.2) is 17.0 Å². The number of unbranched alkanes of at least 4 members (excludes halogenated alkanes) is 1. The Hall–Kier alpha value is -1.23. The van der Waals surface area contributed by atoms with Crippen LogP contribution in [0.3, 0.4) is 0 Å². The van der Waals surface area contributed by atoms with Gasteiger partial charge in [0.25, 0.3) is 5.91 Å². The molecule has 0 bridgehead atoms. The number of anilines is 1. The van der Waals surface area contributed by atoms with Gasteiger partial charge in [-0.2, -0.15) is 0 Å². The van der Waals surface area contributed by atoms with Crippen LogP contribution >= 0.6 is 11.8 Å². The van der Waals surface area contributed by atoms with Crippen LogP contribution in [0.1, 0.15) is 30.1 Å². The number of carbonyl (C=O) groups is 1. The molecule has 88 valence electrons. The van der Waals surface area contributed by atoms with E-state index in [1.54, 1.807) is 0 Å². The standard InChI is InChI=1S/C11H15FN2OS/c1-2-3-4-16-10-5-7(11(14)15)9(13)6-8(10)12/h5-6H,2-4,13H2,1H3,(H2,14,15). The minimum atomic E-state index is -0.630. The summed E-state index contributed by atoms with van der Waals surface area (Å²) in [7, 11) is 0. The molecule has 0 spiro atoms. The van der Waals surface area contributed by atoms with E-state index in [1.807, 2.05) is 0 Å². The van der Waals surface area contributed by atoms with Crippen LogP contribution < -0.4 is 11.5 Å². The molecule has 5 heteroatoms. The number of nitrogens with two attached hydrogens (primary N) is 2. The van der Waals surface area contributed by atoms with Gasteiger partial charge < -0.3 is 11.5 Å². The van der Waals surface area contributed by atoms with Crippen molar-refractivity contribution in [1.29, 1.82) is 0 Å². The predicted molar refractivity (Wildman–Crippen MR) is 65.0 cm³/mol. The smallest absolute Gasteiger partial charge is 0.250 e. The first-order valence-corrected chi connectivity index (χ1v) is 6.06. The van der Waals surface area contributed by atoms with Gasteiger partial charge in [0.05, 0.1) is 5.56 Å². The maximum absolute atomic E-state index is 13.5. The molecule has 0 saturated carbocycles. The summed E-state index contributed by atoms with van der Waals surface area (Å²) < 4.78 is 13.5. The molecule has 1 amide bonds. The van der Waals surface area contributed by atoms with Crippen molar-refractivity contribution in [2.75, 3.05) is 11.5 Å². The van der Waals surface area contributed by atoms with E-state index in [0.717, 1.165) is 24.7 Å². The highest BCUT2D eigenvalue weighted by molar-refractivity contribution is 7.99. The lowest BCUT2D eigenvalue weighted by Crippen LogP contribution is -2.14. The number of benzene rings is 1. The van der Waals surface area contributed by atoms with Crippen LogP contribution in [0.2, 0.25) is 0 Å². The van der Waals surface area contributed by atoms with Crippen molar-refractivity contribution in [3.8, 4) is 0 Å². The van der Waals surface area contributed by atoms with E-state index in [0.29, 0.717) is 4.90 Å². The Balaban J connectivity index is 2.91. The summed E-state index contributed by atoms with van der Waals surface area (Å²) in [6.45, 7) is 2.06. The first-order chi connectivity index (χ1) is 7.56. The van der Waals surface area contributed by atoms with Gasteiger partial charge in [0.2, 0.25) is 0 Å². The first-order valence-electron chi connectivity index (χ1n) is 5.08. The summed E-state index contributed by atoms with van der Waals surface area (Å²) in [5.41, 5.74) is 10.9. The van der Waals surface area contributed by atoms with Crippen molar-refractivity contribution in [3.63, 3.8) is 0 Å². The number of nitrogen functional groups attached to an aromatic ring is 1. The Morgan fingerprint density at radius 1 is 1.50 bits per heavy atom. The van der Waals surface area contributed by atoms with Crippen LogP contribution in [-0.2, 0) is 0 Å². The normalized spacial score (nSPS) is 10.4. The lowest BCUT2D eigenvalue weighted by atomic mass is 10.1. The molecule has 1 rings (SSSR count). The van der Waals surface area contributed by atoms with E-state index < -0.39 is 11.7 Å². The van der Waals surface area contributed by atoms with Gasteiger partial charge >= 0.3 is 0 Å². The third-order valence-corrected chi connectivity index (χ3v) is 3.24. The number of carbonyl (C=O) groups excluding carboxylic acids is 1. The molecule has 1 aromatic rings. The van der Waals surface area contributed by atoms with Crippen LogP contribution in [-0.4, -0.2) is 11.7 Å². The molecule has 0 fully saturated rings. The molecular formula is C11H15FN2OS. The fourth-order valence-corrected chi connectivity index (χ4v) is 2.27. The molecule has 0 aromatic heterocycles. The van der Waals surface area contributed by atoms with Crippen molar-refractivity contribution in [2.24, 2.45) is 5.73 Å². The van der Waals surface area contributed by atoms with Crippen LogP contribution in [0, 0.1) is 5.82 Å². The fraction of sp³-hybridized carbons (Fsp3) is 0.364. The van der Waals surface area contributed by atoms with Gasteiger partial charge in [0.1, 0.15) is 5.82 Å². The van der Waals surface area contributed by atoms with Gasteiger partial charge in [-0.05, 0) is 24.3 Å². The Morgan fingerprint density at radius 2 is 2.19 bits per heavy atom. The zero-order valence-electron chi connectivity index (χ0n) is 9.13. The summed E-state index contributed by atoms with van der Waals surface area (Å²) in [6, 6.07) is 2.57. The average molecular weight is 242 g/mol. The number of thioether (sulfide) groups is 1. The van der Waals surface area contributed by atoms with Gasteiger partial charge in [-0.15, -0.1) is 11.8 Å². The lowest BCUT2D eigenvalue weighted by Gasteiger charge is -2.07. The fourth-order valence-electron chi connectivity index (χ4n) is 1.22. The second kappa shape index (κ2) is 5.75. The molecular weight excluding hydrogens is 227 g/mol. The maximum atomic E-state index is 13.5. The molecule has 0 aliphatic rings. The van der Waals surface area contributed by atoms with Gasteiger partial charge in [-0.1, -0.05) is 13.3 Å². The largest absolute Gasteiger partial charge is 0.398 e. The Labute approximate surface area is 98.4 Å². The second-order valence-electron chi connectivity index (χ2n) is 3.44. The molecule has 0 unspecified atom stereocenters. The minimum Gasteiger partial charge on any atom is -0.398 e. The molecule has 0 saturated heterocycles. The number of halogens is 1. The lowest BCUT2D eigenvalue weighted by molar-refractivity contribution is 0.100. The summed E-state index contributed by atoms with van der Waals surface area (Å²) in [6.07, 6.45) is 2.05. The number of hydrogen-bond acceptors (Lipinski definition) is 3. The number of hydrogen-bond donors (Lipinski definition) is 2. The Morgan fingerprint density at radius 3 is 2.75 bits per heavy atom. The van der Waals surface area contributed by atoms with Gasteiger partial charge in [-0.25, -0.2) is 4.39 Å². The molecule has 0 atom stereocenters. The molecule has 16 heavy (non-hydrogen) atoms. The van der Waals surface area contributed by atoms with E-state index in [2.05, 4.69) is 6.92 Å². The molecule has 1 aromatic carbocycles. The van der Waals surface area contributed by atoms with E-state index in [4.69, 9.17) is 11.5 Å². The highest BCUT2D eigenvalue weighted by atomic mass is 32.2. The number of primary amides is 1. The monoisotopic (exact) mass is 242 g/mol. The molecule has 0 aliphatic heterocycles. The Bertz CT molecular complexity index is 396. The molecule has 0 aliphatic carbocycles. The summed E-state index contributed by atoms with van der Waals surface area (Å²) in [5, 5.41) is 0. The van der Waals surface area contributed by atoms with Crippen LogP contribution in [0.25, 0.3) is 0 Å². The van der Waals surface area contributed by atoms with Crippen molar-refractivity contribution in [1.82, 2.24) is 0 Å². The second-order valence-corrected chi connectivity index (χ2v) is 4.57. The SMILES string of the molecule is CCCCSc1cc(C(N)=O)c(N)cc1F. The van der Waals surface area contributed by atoms with Crippen molar-refractivity contribution in [3.05, 3.63) is 23.5 Å². The van der Waals surface area contributed by atoms with E-state index >= 15 is 0 Å². The molecule has 0 heterocycles. The Kier molecular flexibility index (Phi) is 4.61. The maximum Gasteiger partial charge on any atom is 0.250 e. The van der Waals surface area contributed by atoms with Gasteiger partial charge in [0, 0.05) is 10.6 Å². The molecule has 0 radical (unpaired) electrons.